The quantitative estimate of drug-likeness (QED) is 0.705. The van der Waals surface area contributed by atoms with Crippen LogP contribution >= 0.6 is 0 Å². The fraction of sp³-hybridized carbons (Fsp3) is 0.429. The Balaban J connectivity index is 2.08. The SMILES string of the molecule is C/C=C/c1ccc(N2CCCCC2)cc1. The molecular formula is C14H19N. The van der Waals surface area contributed by atoms with Gasteiger partial charge in [0.25, 0.3) is 0 Å². The molecule has 0 unspecified atom stereocenters. The van der Waals surface area contributed by atoms with E-state index in [0.29, 0.717) is 0 Å². The minimum atomic E-state index is 1.23. The lowest BCUT2D eigenvalue weighted by Gasteiger charge is -2.28. The molecule has 1 fully saturated rings. The molecule has 1 nitrogen and oxygen atoms in total. The van der Waals surface area contributed by atoms with E-state index >= 15 is 0 Å². The fourth-order valence-corrected chi connectivity index (χ4v) is 2.14. The average molecular weight is 201 g/mol. The molecule has 2 rings (SSSR count). The lowest BCUT2D eigenvalue weighted by Crippen LogP contribution is -2.29. The van der Waals surface area contributed by atoms with Gasteiger partial charge in [0.1, 0.15) is 0 Å². The van der Waals surface area contributed by atoms with E-state index in [-0.39, 0.29) is 0 Å². The number of nitrogens with zero attached hydrogens (tertiary/aromatic N) is 1. The molecule has 0 N–H and O–H groups in total. The Morgan fingerprint density at radius 3 is 2.27 bits per heavy atom. The van der Waals surface area contributed by atoms with Crippen molar-refractivity contribution in [3.05, 3.63) is 35.9 Å². The Kier molecular flexibility index (Phi) is 3.44. The minimum Gasteiger partial charge on any atom is -0.372 e. The van der Waals surface area contributed by atoms with Crippen molar-refractivity contribution in [2.24, 2.45) is 0 Å². The molecule has 1 aromatic rings. The predicted octanol–water partition coefficient (Wildman–Crippen LogP) is 3.71. The smallest absolute Gasteiger partial charge is 0.0366 e. The summed E-state index contributed by atoms with van der Waals surface area (Å²) < 4.78 is 0. The van der Waals surface area contributed by atoms with Gasteiger partial charge in [-0.25, -0.2) is 0 Å². The highest BCUT2D eigenvalue weighted by atomic mass is 15.1. The minimum absolute atomic E-state index is 1.23. The molecule has 1 heteroatoms. The second-order valence-corrected chi connectivity index (χ2v) is 4.14. The third kappa shape index (κ3) is 2.62. The first-order chi connectivity index (χ1) is 7.40. The highest BCUT2D eigenvalue weighted by molar-refractivity contribution is 5.55. The van der Waals surface area contributed by atoms with Crippen molar-refractivity contribution >= 4 is 11.8 Å². The highest BCUT2D eigenvalue weighted by Gasteiger charge is 2.09. The van der Waals surface area contributed by atoms with Crippen molar-refractivity contribution in [3.8, 4) is 0 Å². The van der Waals surface area contributed by atoms with Gasteiger partial charge in [0.05, 0.1) is 0 Å². The van der Waals surface area contributed by atoms with Gasteiger partial charge in [-0.05, 0) is 43.9 Å². The maximum absolute atomic E-state index is 2.49. The Bertz CT molecular complexity index is 318. The van der Waals surface area contributed by atoms with Crippen LogP contribution in [0.1, 0.15) is 31.7 Å². The fourth-order valence-electron chi connectivity index (χ4n) is 2.14. The van der Waals surface area contributed by atoms with Crippen LogP contribution < -0.4 is 4.90 Å². The zero-order chi connectivity index (χ0) is 10.5. The summed E-state index contributed by atoms with van der Waals surface area (Å²) in [6.45, 7) is 4.50. The highest BCUT2D eigenvalue weighted by Crippen LogP contribution is 2.20. The van der Waals surface area contributed by atoms with Gasteiger partial charge in [-0.1, -0.05) is 24.3 Å². The van der Waals surface area contributed by atoms with Gasteiger partial charge < -0.3 is 4.90 Å². The maximum atomic E-state index is 2.49. The third-order valence-corrected chi connectivity index (χ3v) is 2.97. The summed E-state index contributed by atoms with van der Waals surface area (Å²) >= 11 is 0. The van der Waals surface area contributed by atoms with Crippen LogP contribution in [0.5, 0.6) is 0 Å². The number of hydrogen-bond donors (Lipinski definition) is 0. The topological polar surface area (TPSA) is 3.24 Å². The van der Waals surface area contributed by atoms with Crippen molar-refractivity contribution < 1.29 is 0 Å². The summed E-state index contributed by atoms with van der Waals surface area (Å²) in [6, 6.07) is 8.87. The van der Waals surface area contributed by atoms with E-state index in [4.69, 9.17) is 0 Å². The van der Waals surface area contributed by atoms with E-state index in [1.165, 1.54) is 43.6 Å². The van der Waals surface area contributed by atoms with E-state index in [1.807, 2.05) is 0 Å². The zero-order valence-corrected chi connectivity index (χ0v) is 9.45. The Morgan fingerprint density at radius 2 is 1.67 bits per heavy atom. The molecule has 0 aromatic heterocycles. The summed E-state index contributed by atoms with van der Waals surface area (Å²) in [5.74, 6) is 0. The Labute approximate surface area is 92.4 Å². The van der Waals surface area contributed by atoms with E-state index in [2.05, 4.69) is 48.2 Å². The van der Waals surface area contributed by atoms with Crippen LogP contribution in [-0.2, 0) is 0 Å². The molecule has 0 radical (unpaired) electrons. The molecule has 1 aromatic carbocycles. The second-order valence-electron chi connectivity index (χ2n) is 4.14. The zero-order valence-electron chi connectivity index (χ0n) is 9.45. The molecule has 0 amide bonds. The Morgan fingerprint density at radius 1 is 1.00 bits per heavy atom. The molecule has 15 heavy (non-hydrogen) atoms. The molecule has 1 aliphatic rings. The lowest BCUT2D eigenvalue weighted by atomic mass is 10.1. The monoisotopic (exact) mass is 201 g/mol. The third-order valence-electron chi connectivity index (χ3n) is 2.97. The summed E-state index contributed by atoms with van der Waals surface area (Å²) in [5.41, 5.74) is 2.67. The summed E-state index contributed by atoms with van der Waals surface area (Å²) in [6.07, 6.45) is 8.30. The summed E-state index contributed by atoms with van der Waals surface area (Å²) in [7, 11) is 0. The van der Waals surface area contributed by atoms with Crippen molar-refractivity contribution in [2.45, 2.75) is 26.2 Å². The van der Waals surface area contributed by atoms with Crippen molar-refractivity contribution in [2.75, 3.05) is 18.0 Å². The molecule has 0 bridgehead atoms. The number of benzene rings is 1. The van der Waals surface area contributed by atoms with Gasteiger partial charge in [0.15, 0.2) is 0 Å². The number of anilines is 1. The second kappa shape index (κ2) is 5.01. The number of rotatable bonds is 2. The lowest BCUT2D eigenvalue weighted by molar-refractivity contribution is 0.578. The van der Waals surface area contributed by atoms with Crippen molar-refractivity contribution in [1.82, 2.24) is 0 Å². The van der Waals surface area contributed by atoms with Crippen LogP contribution in [0.4, 0.5) is 5.69 Å². The van der Waals surface area contributed by atoms with Gasteiger partial charge in [-0.2, -0.15) is 0 Å². The normalized spacial score (nSPS) is 17.3. The molecule has 1 heterocycles. The molecular weight excluding hydrogens is 182 g/mol. The van der Waals surface area contributed by atoms with E-state index < -0.39 is 0 Å². The first-order valence-corrected chi connectivity index (χ1v) is 5.88. The molecule has 80 valence electrons. The maximum Gasteiger partial charge on any atom is 0.0366 e. The van der Waals surface area contributed by atoms with Crippen LogP contribution in [0.2, 0.25) is 0 Å². The van der Waals surface area contributed by atoms with Crippen molar-refractivity contribution in [3.63, 3.8) is 0 Å². The predicted molar refractivity (Wildman–Crippen MR) is 67.2 cm³/mol. The molecule has 1 saturated heterocycles. The van der Waals surface area contributed by atoms with Gasteiger partial charge in [-0.15, -0.1) is 0 Å². The number of piperidine rings is 1. The molecule has 0 atom stereocenters. The van der Waals surface area contributed by atoms with E-state index in [1.54, 1.807) is 0 Å². The van der Waals surface area contributed by atoms with Crippen molar-refractivity contribution in [1.29, 1.82) is 0 Å². The molecule has 0 spiro atoms. The molecule has 0 aliphatic carbocycles. The summed E-state index contributed by atoms with van der Waals surface area (Å²) in [5, 5.41) is 0. The molecule has 1 aliphatic heterocycles. The first-order valence-electron chi connectivity index (χ1n) is 5.88. The standard InChI is InChI=1S/C14H19N/c1-2-6-13-7-9-14(10-8-13)15-11-4-3-5-12-15/h2,6-10H,3-5,11-12H2,1H3/b6-2+. The van der Waals surface area contributed by atoms with Crippen LogP contribution in [0.25, 0.3) is 6.08 Å². The van der Waals surface area contributed by atoms with E-state index in [0.717, 1.165) is 0 Å². The van der Waals surface area contributed by atoms with E-state index in [9.17, 15) is 0 Å². The first kappa shape index (κ1) is 10.3. The van der Waals surface area contributed by atoms with Crippen LogP contribution in [0.3, 0.4) is 0 Å². The van der Waals surface area contributed by atoms with Gasteiger partial charge >= 0.3 is 0 Å². The number of hydrogen-bond acceptors (Lipinski definition) is 1. The van der Waals surface area contributed by atoms with Crippen LogP contribution in [0.15, 0.2) is 30.3 Å². The molecule has 0 saturated carbocycles. The van der Waals surface area contributed by atoms with Gasteiger partial charge in [0, 0.05) is 18.8 Å². The van der Waals surface area contributed by atoms with Crippen LogP contribution in [-0.4, -0.2) is 13.1 Å². The van der Waals surface area contributed by atoms with Crippen LogP contribution in [0, 0.1) is 0 Å². The number of allylic oxidation sites excluding steroid dienone is 1. The Hall–Kier alpha value is -1.24. The summed E-state index contributed by atoms with van der Waals surface area (Å²) in [4.78, 5) is 2.49. The average Bonchev–Trinajstić information content (AvgIpc) is 2.32. The van der Waals surface area contributed by atoms with Gasteiger partial charge in [-0.3, -0.25) is 0 Å². The largest absolute Gasteiger partial charge is 0.372 e. The van der Waals surface area contributed by atoms with Gasteiger partial charge in [0.2, 0.25) is 0 Å².